The fourth-order valence-corrected chi connectivity index (χ4v) is 8.11. The van der Waals surface area contributed by atoms with Crippen molar-refractivity contribution >= 4 is 11.7 Å². The zero-order valence-corrected chi connectivity index (χ0v) is 23.6. The Balaban J connectivity index is 1.15. The minimum absolute atomic E-state index is 0.0166. The van der Waals surface area contributed by atoms with E-state index >= 15 is 0 Å². The van der Waals surface area contributed by atoms with E-state index in [0.717, 1.165) is 78.9 Å². The third-order valence-corrected chi connectivity index (χ3v) is 9.40. The molecule has 1 heterocycles. The lowest BCUT2D eigenvalue weighted by Gasteiger charge is -2.56. The van der Waals surface area contributed by atoms with Crippen molar-refractivity contribution in [2.45, 2.75) is 75.6 Å². The standard InChI is InChI=1S/C33H43N3O4/c1-3-11-36(2)20-29-16-30(26-9-7-22(21-37)8-10-26)40-31(39-29)27-5-4-6-28(15-27)34-32(38)35-33-17-23-12-24(18-33)14-25(13-23)19-33/h3-10,15,23-25,29-31,37H,1,11-14,16-21H2,2H3,(H2,34,35,38)/t23?,24?,25?,29-,30+,31+,33?/m1/s1. The van der Waals surface area contributed by atoms with Crippen molar-refractivity contribution in [1.29, 1.82) is 0 Å². The Morgan fingerprint density at radius 3 is 2.38 bits per heavy atom. The van der Waals surface area contributed by atoms with E-state index in [1.54, 1.807) is 0 Å². The lowest BCUT2D eigenvalue weighted by Crippen LogP contribution is -2.60. The first-order chi connectivity index (χ1) is 19.4. The molecule has 3 atom stereocenters. The van der Waals surface area contributed by atoms with Gasteiger partial charge in [0.2, 0.25) is 0 Å². The summed E-state index contributed by atoms with van der Waals surface area (Å²) in [7, 11) is 2.06. The first kappa shape index (κ1) is 27.5. The summed E-state index contributed by atoms with van der Waals surface area (Å²) in [4.78, 5) is 15.4. The molecule has 0 aromatic heterocycles. The second-order valence-corrected chi connectivity index (χ2v) is 12.8. The number of hydrogen-bond acceptors (Lipinski definition) is 5. The number of nitrogens with one attached hydrogen (secondary N) is 2. The van der Waals surface area contributed by atoms with Crippen molar-refractivity contribution in [2.24, 2.45) is 17.8 Å². The molecule has 3 N–H and O–H groups in total. The second kappa shape index (κ2) is 11.6. The Hall–Kier alpha value is -2.71. The van der Waals surface area contributed by atoms with Crippen molar-refractivity contribution in [1.82, 2.24) is 10.2 Å². The van der Waals surface area contributed by atoms with Gasteiger partial charge in [0.25, 0.3) is 0 Å². The molecule has 7 heteroatoms. The van der Waals surface area contributed by atoms with Gasteiger partial charge in [0.05, 0.1) is 18.8 Å². The Morgan fingerprint density at radius 2 is 1.73 bits per heavy atom. The largest absolute Gasteiger partial charge is 0.392 e. The summed E-state index contributed by atoms with van der Waals surface area (Å²) in [6.45, 7) is 5.41. The van der Waals surface area contributed by atoms with Crippen LogP contribution in [0.1, 0.15) is 74.0 Å². The predicted octanol–water partition coefficient (Wildman–Crippen LogP) is 5.93. The number of likely N-dealkylation sites (N-methyl/N-ethyl adjacent to an activating group) is 1. The number of rotatable bonds is 9. The minimum atomic E-state index is -0.564. The zero-order chi connectivity index (χ0) is 27.7. The van der Waals surface area contributed by atoms with E-state index < -0.39 is 6.29 Å². The van der Waals surface area contributed by atoms with Crippen molar-refractivity contribution < 1.29 is 19.4 Å². The molecule has 0 unspecified atom stereocenters. The van der Waals surface area contributed by atoms with Crippen LogP contribution in [0.5, 0.6) is 0 Å². The topological polar surface area (TPSA) is 83.1 Å². The summed E-state index contributed by atoms with van der Waals surface area (Å²) in [6.07, 6.45) is 9.29. The molecule has 0 spiro atoms. The molecule has 214 valence electrons. The van der Waals surface area contributed by atoms with E-state index in [1.165, 1.54) is 19.3 Å². The molecule has 7 nitrogen and oxygen atoms in total. The smallest absolute Gasteiger partial charge is 0.319 e. The number of aliphatic hydroxyl groups excluding tert-OH is 1. The maximum absolute atomic E-state index is 13.2. The van der Waals surface area contributed by atoms with Crippen LogP contribution in [0.15, 0.2) is 61.2 Å². The van der Waals surface area contributed by atoms with E-state index in [0.29, 0.717) is 0 Å². The van der Waals surface area contributed by atoms with Crippen LogP contribution < -0.4 is 10.6 Å². The highest BCUT2D eigenvalue weighted by Gasteiger charge is 2.51. The molecule has 5 aliphatic rings. The molecule has 1 saturated heterocycles. The SMILES string of the molecule is C=CCN(C)C[C@H]1C[C@@H](c2ccc(CO)cc2)O[C@@H](c2cccc(NC(=O)NC34CC5CC(CC(C5)C3)C4)c2)O1. The molecule has 2 aromatic rings. The van der Waals surface area contributed by atoms with Crippen molar-refractivity contribution in [3.05, 3.63) is 77.9 Å². The van der Waals surface area contributed by atoms with E-state index in [2.05, 4.69) is 29.2 Å². The summed E-state index contributed by atoms with van der Waals surface area (Å²) in [5.74, 6) is 2.34. The number of urea groups is 1. The molecular weight excluding hydrogens is 502 g/mol. The zero-order valence-electron chi connectivity index (χ0n) is 23.6. The molecule has 4 saturated carbocycles. The highest BCUT2D eigenvalue weighted by molar-refractivity contribution is 5.89. The fraction of sp³-hybridized carbons (Fsp3) is 0.545. The van der Waals surface area contributed by atoms with Gasteiger partial charge in [-0.1, -0.05) is 42.5 Å². The Labute approximate surface area is 237 Å². The van der Waals surface area contributed by atoms with Crippen LogP contribution in [0.25, 0.3) is 0 Å². The van der Waals surface area contributed by atoms with E-state index in [9.17, 15) is 9.90 Å². The Morgan fingerprint density at radius 1 is 1.02 bits per heavy atom. The maximum Gasteiger partial charge on any atom is 0.319 e. The number of amides is 2. The minimum Gasteiger partial charge on any atom is -0.392 e. The van der Waals surface area contributed by atoms with Crippen LogP contribution in [0.3, 0.4) is 0 Å². The van der Waals surface area contributed by atoms with Crippen LogP contribution in [0, 0.1) is 17.8 Å². The lowest BCUT2D eigenvalue weighted by atomic mass is 9.53. The quantitative estimate of drug-likeness (QED) is 0.340. The summed E-state index contributed by atoms with van der Waals surface area (Å²) >= 11 is 0. The first-order valence-corrected chi connectivity index (χ1v) is 14.9. The fourth-order valence-electron chi connectivity index (χ4n) is 8.11. The molecule has 7 rings (SSSR count). The molecule has 0 radical (unpaired) electrons. The van der Waals surface area contributed by atoms with Crippen LogP contribution in [0.2, 0.25) is 0 Å². The number of carbonyl (C=O) groups is 1. The third kappa shape index (κ3) is 6.13. The van der Waals surface area contributed by atoms with Gasteiger partial charge in [-0.3, -0.25) is 0 Å². The molecule has 1 aliphatic heterocycles. The van der Waals surface area contributed by atoms with Gasteiger partial charge in [-0.05, 0) is 86.6 Å². The van der Waals surface area contributed by atoms with Gasteiger partial charge < -0.3 is 30.1 Å². The number of benzene rings is 2. The van der Waals surface area contributed by atoms with Crippen molar-refractivity contribution in [3.63, 3.8) is 0 Å². The first-order valence-electron chi connectivity index (χ1n) is 14.9. The highest BCUT2D eigenvalue weighted by Crippen LogP contribution is 2.55. The van der Waals surface area contributed by atoms with Gasteiger partial charge in [-0.25, -0.2) is 4.79 Å². The average molecular weight is 546 g/mol. The predicted molar refractivity (Wildman–Crippen MR) is 156 cm³/mol. The van der Waals surface area contributed by atoms with Crippen LogP contribution in [-0.2, 0) is 16.1 Å². The molecule has 2 amide bonds. The summed E-state index contributed by atoms with van der Waals surface area (Å²) in [6, 6.07) is 15.6. The Bertz CT molecular complexity index is 1160. The molecule has 4 aliphatic carbocycles. The van der Waals surface area contributed by atoms with Gasteiger partial charge >= 0.3 is 6.03 Å². The van der Waals surface area contributed by atoms with Gasteiger partial charge in [0.15, 0.2) is 6.29 Å². The van der Waals surface area contributed by atoms with Crippen LogP contribution in [-0.4, -0.2) is 47.8 Å². The summed E-state index contributed by atoms with van der Waals surface area (Å²) in [5.41, 5.74) is 3.52. The van der Waals surface area contributed by atoms with Crippen molar-refractivity contribution in [2.75, 3.05) is 25.5 Å². The van der Waals surface area contributed by atoms with E-state index in [-0.39, 0.29) is 30.4 Å². The van der Waals surface area contributed by atoms with Crippen molar-refractivity contribution in [3.8, 4) is 0 Å². The normalized spacial score (nSPS) is 32.7. The monoisotopic (exact) mass is 545 g/mol. The van der Waals surface area contributed by atoms with Gasteiger partial charge in [0, 0.05) is 36.3 Å². The molecule has 40 heavy (non-hydrogen) atoms. The summed E-state index contributed by atoms with van der Waals surface area (Å²) < 4.78 is 13.0. The molecule has 4 bridgehead atoms. The highest BCUT2D eigenvalue weighted by atomic mass is 16.7. The lowest BCUT2D eigenvalue weighted by molar-refractivity contribution is -0.252. The van der Waals surface area contributed by atoms with Crippen LogP contribution >= 0.6 is 0 Å². The summed E-state index contributed by atoms with van der Waals surface area (Å²) in [5, 5.41) is 16.0. The average Bonchev–Trinajstić information content (AvgIpc) is 2.92. The second-order valence-electron chi connectivity index (χ2n) is 12.8. The Kier molecular flexibility index (Phi) is 8.00. The maximum atomic E-state index is 13.2. The molecular formula is C33H43N3O4. The number of aliphatic hydroxyl groups is 1. The van der Waals surface area contributed by atoms with E-state index in [1.807, 2.05) is 54.6 Å². The number of nitrogens with zero attached hydrogens (tertiary/aromatic N) is 1. The van der Waals surface area contributed by atoms with E-state index in [4.69, 9.17) is 9.47 Å². The number of ether oxygens (including phenoxy) is 2. The molecule has 2 aromatic carbocycles. The van der Waals surface area contributed by atoms with Gasteiger partial charge in [0.1, 0.15) is 0 Å². The number of carbonyl (C=O) groups excluding carboxylic acids is 1. The molecule has 5 fully saturated rings. The van der Waals surface area contributed by atoms with Gasteiger partial charge in [-0.15, -0.1) is 6.58 Å². The number of anilines is 1. The number of hydrogen-bond donors (Lipinski definition) is 3. The van der Waals surface area contributed by atoms with Gasteiger partial charge in [-0.2, -0.15) is 0 Å². The third-order valence-electron chi connectivity index (χ3n) is 9.40. The van der Waals surface area contributed by atoms with Crippen LogP contribution in [0.4, 0.5) is 10.5 Å².